The molecular weight excluding hydrogens is 357 g/mol. The molecule has 2 rings (SSSR count). The topological polar surface area (TPSA) is 62.5 Å². The minimum absolute atomic E-state index is 0.154. The molecule has 2 fully saturated rings. The number of fused-ring (bicyclic) bond motifs is 1. The highest BCUT2D eigenvalue weighted by atomic mass is 127. The second-order valence-corrected chi connectivity index (χ2v) is 6.29. The Bertz CT molecular complexity index is 333. The summed E-state index contributed by atoms with van der Waals surface area (Å²) in [7, 11) is 0. The van der Waals surface area contributed by atoms with Crippen molar-refractivity contribution in [3.05, 3.63) is 0 Å². The van der Waals surface area contributed by atoms with E-state index >= 15 is 0 Å². The summed E-state index contributed by atoms with van der Waals surface area (Å²) in [6.45, 7) is 0.230. The lowest BCUT2D eigenvalue weighted by Crippen LogP contribution is -2.49. The van der Waals surface area contributed by atoms with E-state index in [1.807, 2.05) is 0 Å². The van der Waals surface area contributed by atoms with Crippen molar-refractivity contribution in [2.75, 3.05) is 11.0 Å². The number of hydrogen-bond donors (Lipinski definition) is 1. The first-order chi connectivity index (χ1) is 9.24. The summed E-state index contributed by atoms with van der Waals surface area (Å²) in [5, 5.41) is 17.6. The smallest absolute Gasteiger partial charge is 0.106 e. The lowest BCUT2D eigenvalue weighted by molar-refractivity contribution is -0.153. The van der Waals surface area contributed by atoms with Crippen LogP contribution in [0.1, 0.15) is 44.9 Å². The zero-order valence-electron chi connectivity index (χ0n) is 11.2. The summed E-state index contributed by atoms with van der Waals surface area (Å²) in [4.78, 5) is 0. The van der Waals surface area contributed by atoms with E-state index in [-0.39, 0.29) is 30.5 Å². The van der Waals surface area contributed by atoms with Gasteiger partial charge in [0.2, 0.25) is 0 Å². The van der Waals surface area contributed by atoms with Gasteiger partial charge in [0, 0.05) is 23.9 Å². The molecule has 0 aromatic carbocycles. The van der Waals surface area contributed by atoms with Crippen LogP contribution >= 0.6 is 22.6 Å². The lowest BCUT2D eigenvalue weighted by atomic mass is 9.87. The molecule has 19 heavy (non-hydrogen) atoms. The molecule has 4 atom stereocenters. The third-order valence-electron chi connectivity index (χ3n) is 4.16. The van der Waals surface area contributed by atoms with Crippen molar-refractivity contribution in [3.63, 3.8) is 0 Å². The van der Waals surface area contributed by atoms with E-state index in [0.29, 0.717) is 6.42 Å². The van der Waals surface area contributed by atoms with E-state index in [1.165, 1.54) is 0 Å². The van der Waals surface area contributed by atoms with Gasteiger partial charge in [0.05, 0.1) is 24.4 Å². The fourth-order valence-corrected chi connectivity index (χ4v) is 4.18. The van der Waals surface area contributed by atoms with Crippen molar-refractivity contribution in [2.24, 2.45) is 0 Å². The minimum Gasteiger partial charge on any atom is -0.396 e. The molecule has 0 saturated carbocycles. The molecule has 0 spiro atoms. The molecule has 5 heteroatoms. The third kappa shape index (κ3) is 3.60. The number of halogens is 1. The Kier molecular flexibility index (Phi) is 5.87. The average molecular weight is 379 g/mol. The number of alkyl halides is 1. The summed E-state index contributed by atoms with van der Waals surface area (Å²) in [6.07, 6.45) is 6.73. The predicted octanol–water partition coefficient (Wildman–Crippen LogP) is 2.57. The van der Waals surface area contributed by atoms with E-state index in [9.17, 15) is 0 Å². The van der Waals surface area contributed by atoms with Crippen LogP contribution in [0.4, 0.5) is 0 Å². The first-order valence-corrected chi connectivity index (χ1v) is 8.63. The Hall–Kier alpha value is 0.1000. The van der Waals surface area contributed by atoms with Crippen LogP contribution in [0.5, 0.6) is 0 Å². The molecule has 0 radical (unpaired) electrons. The SMILES string of the molecule is N#CCC[C@H]1CCC2OC(CCCO)CC2(CI)O1. The van der Waals surface area contributed by atoms with Gasteiger partial charge in [-0.1, -0.05) is 22.6 Å². The summed E-state index contributed by atoms with van der Waals surface area (Å²) in [5.74, 6) is 0. The van der Waals surface area contributed by atoms with Crippen LogP contribution < -0.4 is 0 Å². The molecular formula is C14H22INO3. The summed E-state index contributed by atoms with van der Waals surface area (Å²) < 4.78 is 13.4. The molecule has 0 amide bonds. The fraction of sp³-hybridized carbons (Fsp3) is 0.929. The highest BCUT2D eigenvalue weighted by Crippen LogP contribution is 2.44. The standard InChI is InChI=1S/C14H22INO3/c15-10-14-9-12(4-2-8-17)18-13(14)6-5-11(19-14)3-1-7-16/h11-13,17H,1-6,8-10H2/t11-,12?,13?,14?/m0/s1. The molecule has 3 unspecified atom stereocenters. The zero-order chi connectivity index (χ0) is 13.7. The number of nitrogens with zero attached hydrogens (tertiary/aromatic N) is 1. The van der Waals surface area contributed by atoms with Crippen LogP contribution in [0.25, 0.3) is 0 Å². The highest BCUT2D eigenvalue weighted by Gasteiger charge is 2.51. The molecule has 0 aliphatic carbocycles. The Balaban J connectivity index is 1.95. The maximum absolute atomic E-state index is 8.93. The summed E-state index contributed by atoms with van der Waals surface area (Å²) in [5.41, 5.74) is -0.154. The van der Waals surface area contributed by atoms with Crippen LogP contribution in [0, 0.1) is 11.3 Å². The predicted molar refractivity (Wildman–Crippen MR) is 80.2 cm³/mol. The van der Waals surface area contributed by atoms with E-state index in [4.69, 9.17) is 19.8 Å². The van der Waals surface area contributed by atoms with E-state index < -0.39 is 0 Å². The summed E-state index contributed by atoms with van der Waals surface area (Å²) >= 11 is 2.39. The fourth-order valence-electron chi connectivity index (χ4n) is 3.19. The number of hydrogen-bond acceptors (Lipinski definition) is 4. The van der Waals surface area contributed by atoms with Crippen molar-refractivity contribution in [1.82, 2.24) is 0 Å². The Morgan fingerprint density at radius 3 is 2.84 bits per heavy atom. The third-order valence-corrected chi connectivity index (χ3v) is 5.45. The average Bonchev–Trinajstić information content (AvgIpc) is 2.81. The zero-order valence-corrected chi connectivity index (χ0v) is 13.3. The van der Waals surface area contributed by atoms with Gasteiger partial charge >= 0.3 is 0 Å². The molecule has 2 heterocycles. The van der Waals surface area contributed by atoms with E-state index in [0.717, 1.165) is 43.0 Å². The van der Waals surface area contributed by atoms with Gasteiger partial charge in [-0.2, -0.15) is 5.26 Å². The van der Waals surface area contributed by atoms with Gasteiger partial charge in [-0.3, -0.25) is 0 Å². The van der Waals surface area contributed by atoms with Crippen molar-refractivity contribution in [2.45, 2.75) is 68.9 Å². The largest absolute Gasteiger partial charge is 0.396 e. The van der Waals surface area contributed by atoms with Crippen LogP contribution in [-0.2, 0) is 9.47 Å². The van der Waals surface area contributed by atoms with Gasteiger partial charge in [0.15, 0.2) is 0 Å². The maximum atomic E-state index is 8.93. The van der Waals surface area contributed by atoms with Crippen LogP contribution in [-0.4, -0.2) is 40.1 Å². The molecule has 108 valence electrons. The van der Waals surface area contributed by atoms with Gasteiger partial charge in [-0.05, 0) is 32.1 Å². The lowest BCUT2D eigenvalue weighted by Gasteiger charge is -2.41. The van der Waals surface area contributed by atoms with E-state index in [1.54, 1.807) is 0 Å². The number of nitriles is 1. The monoisotopic (exact) mass is 379 g/mol. The maximum Gasteiger partial charge on any atom is 0.106 e. The van der Waals surface area contributed by atoms with Gasteiger partial charge in [0.25, 0.3) is 0 Å². The molecule has 2 aliphatic rings. The van der Waals surface area contributed by atoms with E-state index in [2.05, 4.69) is 28.7 Å². The molecule has 0 aromatic heterocycles. The van der Waals surface area contributed by atoms with Gasteiger partial charge < -0.3 is 14.6 Å². The number of aliphatic hydroxyl groups excluding tert-OH is 1. The molecule has 0 aromatic rings. The van der Waals surface area contributed by atoms with Crippen molar-refractivity contribution in [3.8, 4) is 6.07 Å². The minimum atomic E-state index is -0.154. The van der Waals surface area contributed by atoms with Gasteiger partial charge in [-0.25, -0.2) is 0 Å². The Morgan fingerprint density at radius 2 is 2.16 bits per heavy atom. The van der Waals surface area contributed by atoms with Crippen molar-refractivity contribution >= 4 is 22.6 Å². The van der Waals surface area contributed by atoms with Gasteiger partial charge in [-0.15, -0.1) is 0 Å². The first-order valence-electron chi connectivity index (χ1n) is 7.11. The Labute approximate surface area is 128 Å². The quantitative estimate of drug-likeness (QED) is 0.569. The molecule has 2 aliphatic heterocycles. The van der Waals surface area contributed by atoms with Crippen molar-refractivity contribution in [1.29, 1.82) is 5.26 Å². The molecule has 0 bridgehead atoms. The summed E-state index contributed by atoms with van der Waals surface area (Å²) in [6, 6.07) is 2.20. The molecule has 4 nitrogen and oxygen atoms in total. The normalized spacial score (nSPS) is 37.8. The molecule has 2 saturated heterocycles. The second-order valence-electron chi connectivity index (χ2n) is 5.53. The second kappa shape index (κ2) is 7.21. The van der Waals surface area contributed by atoms with Gasteiger partial charge in [0.1, 0.15) is 5.60 Å². The Morgan fingerprint density at radius 1 is 1.32 bits per heavy atom. The number of aliphatic hydroxyl groups is 1. The first kappa shape index (κ1) is 15.5. The number of rotatable bonds is 6. The van der Waals surface area contributed by atoms with Crippen LogP contribution in [0.15, 0.2) is 0 Å². The molecule has 1 N–H and O–H groups in total. The highest BCUT2D eigenvalue weighted by molar-refractivity contribution is 14.1. The van der Waals surface area contributed by atoms with Crippen molar-refractivity contribution < 1.29 is 14.6 Å². The van der Waals surface area contributed by atoms with Crippen LogP contribution in [0.2, 0.25) is 0 Å². The number of ether oxygens (including phenoxy) is 2. The van der Waals surface area contributed by atoms with Crippen LogP contribution in [0.3, 0.4) is 0 Å².